The summed E-state index contributed by atoms with van der Waals surface area (Å²) in [6.07, 6.45) is 1.44. The summed E-state index contributed by atoms with van der Waals surface area (Å²) in [4.78, 5) is 28.0. The predicted molar refractivity (Wildman–Crippen MR) is 168 cm³/mol. The highest BCUT2D eigenvalue weighted by Crippen LogP contribution is 2.31. The van der Waals surface area contributed by atoms with Crippen molar-refractivity contribution in [3.05, 3.63) is 77.4 Å². The van der Waals surface area contributed by atoms with Crippen molar-refractivity contribution in [2.24, 2.45) is 0 Å². The molecule has 244 valence electrons. The maximum absolute atomic E-state index is 13.9. The van der Waals surface area contributed by atoms with Gasteiger partial charge in [0.1, 0.15) is 11.6 Å². The van der Waals surface area contributed by atoms with Crippen LogP contribution in [-0.4, -0.2) is 74.6 Å². The molecule has 11 nitrogen and oxygen atoms in total. The number of likely N-dealkylation sites (tertiary alicyclic amines) is 1. The Hall–Kier alpha value is -4.40. The van der Waals surface area contributed by atoms with Gasteiger partial charge in [-0.1, -0.05) is 6.07 Å². The summed E-state index contributed by atoms with van der Waals surface area (Å²) in [7, 11) is -2.82. The zero-order valence-corrected chi connectivity index (χ0v) is 26.5. The van der Waals surface area contributed by atoms with Gasteiger partial charge in [-0.25, -0.2) is 22.0 Å². The van der Waals surface area contributed by atoms with Gasteiger partial charge in [0.2, 0.25) is 9.84 Å². The lowest BCUT2D eigenvalue weighted by atomic mass is 10.1. The van der Waals surface area contributed by atoms with Crippen LogP contribution in [0.5, 0.6) is 0 Å². The Morgan fingerprint density at radius 2 is 1.72 bits per heavy atom. The van der Waals surface area contributed by atoms with Gasteiger partial charge in [-0.2, -0.15) is 4.68 Å². The summed E-state index contributed by atoms with van der Waals surface area (Å²) in [5, 5.41) is 10.4. The van der Waals surface area contributed by atoms with E-state index in [1.807, 2.05) is 19.1 Å². The fraction of sp³-hybridized carbons (Fsp3) is 0.344. The van der Waals surface area contributed by atoms with Gasteiger partial charge in [0.05, 0.1) is 34.1 Å². The fourth-order valence-electron chi connectivity index (χ4n) is 5.44. The number of amides is 1. The maximum Gasteiger partial charge on any atom is 0.435 e. The number of hydrogen-bond donors (Lipinski definition) is 2. The number of fused-ring (bicyclic) bond motifs is 1. The number of aromatic nitrogens is 2. The molecule has 2 heterocycles. The van der Waals surface area contributed by atoms with Crippen molar-refractivity contribution in [1.29, 1.82) is 0 Å². The first-order valence-electron chi connectivity index (χ1n) is 14.8. The van der Waals surface area contributed by atoms with Crippen LogP contribution in [0.1, 0.15) is 42.6 Å². The second-order valence-corrected chi connectivity index (χ2v) is 13.0. The van der Waals surface area contributed by atoms with Gasteiger partial charge >= 0.3 is 6.09 Å². The number of hydrogen-bond acceptors (Lipinski definition) is 9. The van der Waals surface area contributed by atoms with E-state index in [4.69, 9.17) is 9.47 Å². The van der Waals surface area contributed by atoms with Crippen molar-refractivity contribution in [2.45, 2.75) is 49.1 Å². The zero-order chi connectivity index (χ0) is 33.0. The van der Waals surface area contributed by atoms with Gasteiger partial charge < -0.3 is 20.1 Å². The van der Waals surface area contributed by atoms with E-state index < -0.39 is 38.4 Å². The van der Waals surface area contributed by atoms with Crippen molar-refractivity contribution in [3.63, 3.8) is 0 Å². The van der Waals surface area contributed by atoms with Gasteiger partial charge in [0, 0.05) is 36.8 Å². The van der Waals surface area contributed by atoms with E-state index in [0.29, 0.717) is 30.5 Å². The number of methoxy groups -OCH3 is 1. The smallest absolute Gasteiger partial charge is 0.435 e. The second kappa shape index (κ2) is 13.9. The molecule has 5 rings (SSSR count). The maximum atomic E-state index is 13.9. The van der Waals surface area contributed by atoms with E-state index >= 15 is 0 Å². The molecule has 1 amide bonds. The zero-order valence-electron chi connectivity index (χ0n) is 25.7. The summed E-state index contributed by atoms with van der Waals surface area (Å²) in [5.74, 6) is -2.81. The lowest BCUT2D eigenvalue weighted by molar-refractivity contribution is 0.102. The summed E-state index contributed by atoms with van der Waals surface area (Å²) < 4.78 is 65.9. The Morgan fingerprint density at radius 3 is 2.39 bits per heavy atom. The molecule has 1 saturated heterocycles. The minimum atomic E-state index is -4.41. The Morgan fingerprint density at radius 1 is 1.00 bits per heavy atom. The first kappa shape index (κ1) is 33.0. The van der Waals surface area contributed by atoms with Crippen LogP contribution in [0.2, 0.25) is 0 Å². The molecule has 3 aromatic carbocycles. The van der Waals surface area contributed by atoms with Crippen LogP contribution in [0.4, 0.5) is 25.1 Å². The molecule has 1 aromatic heterocycles. The monoisotopic (exact) mass is 655 g/mol. The molecular weight excluding hydrogens is 620 g/mol. The van der Waals surface area contributed by atoms with E-state index in [9.17, 15) is 26.8 Å². The number of carbonyl (C=O) groups is 2. The van der Waals surface area contributed by atoms with E-state index in [0.717, 1.165) is 42.7 Å². The first-order chi connectivity index (χ1) is 22.0. The summed E-state index contributed by atoms with van der Waals surface area (Å²) in [5.41, 5.74) is 2.01. The Bertz CT molecular complexity index is 1850. The van der Waals surface area contributed by atoms with E-state index in [2.05, 4.69) is 20.6 Å². The molecule has 0 spiro atoms. The molecule has 14 heteroatoms. The quantitative estimate of drug-likeness (QED) is 0.217. The van der Waals surface area contributed by atoms with Gasteiger partial charge in [-0.3, -0.25) is 9.69 Å². The van der Waals surface area contributed by atoms with Crippen molar-refractivity contribution in [3.8, 4) is 0 Å². The highest BCUT2D eigenvalue weighted by molar-refractivity contribution is 7.91. The first-order valence-corrected chi connectivity index (χ1v) is 16.3. The number of ether oxygens (including phenoxy) is 2. The molecule has 1 aliphatic heterocycles. The minimum absolute atomic E-state index is 0.0396. The highest BCUT2D eigenvalue weighted by atomic mass is 32.2. The molecule has 2 N–H and O–H groups in total. The molecule has 0 saturated carbocycles. The van der Waals surface area contributed by atoms with Crippen LogP contribution in [-0.2, 0) is 25.9 Å². The highest BCUT2D eigenvalue weighted by Gasteiger charge is 2.25. The number of halogens is 2. The number of anilines is 2. The van der Waals surface area contributed by atoms with E-state index in [1.165, 1.54) is 18.2 Å². The third kappa shape index (κ3) is 7.19. The standard InChI is InChI=1S/C32H35F2N5O6S/c1-4-45-32(41)39-29-10-8-24(46(42,43)25-15-22(33)14-23(34)16-25)17-27(29)30(37-39)36-31(40)26-9-7-21(18-38-11-5-6-12-38)13-28(26)35-20(2)19-44-3/h7-10,13-17,20,35H,4-6,11-12,18-19H2,1-3H3,(H,36,37,40)/t20-/m0/s1. The molecule has 0 bridgehead atoms. The predicted octanol–water partition coefficient (Wildman–Crippen LogP) is 5.45. The average Bonchev–Trinajstić information content (AvgIpc) is 3.64. The van der Waals surface area contributed by atoms with Crippen LogP contribution < -0.4 is 10.6 Å². The van der Waals surface area contributed by atoms with E-state index in [1.54, 1.807) is 20.1 Å². The number of rotatable bonds is 11. The van der Waals surface area contributed by atoms with Crippen molar-refractivity contribution < 1.29 is 36.3 Å². The molecule has 0 radical (unpaired) electrons. The van der Waals surface area contributed by atoms with Crippen LogP contribution in [0.25, 0.3) is 10.9 Å². The van der Waals surface area contributed by atoms with Crippen LogP contribution >= 0.6 is 0 Å². The van der Waals surface area contributed by atoms with Crippen LogP contribution in [0, 0.1) is 11.6 Å². The molecular formula is C32H35F2N5O6S. The summed E-state index contributed by atoms with van der Waals surface area (Å²) in [6, 6.07) is 11.0. The molecule has 1 aliphatic rings. The molecule has 0 unspecified atom stereocenters. The summed E-state index contributed by atoms with van der Waals surface area (Å²) in [6.45, 7) is 6.70. The van der Waals surface area contributed by atoms with Gasteiger partial charge in [-0.05, 0) is 87.8 Å². The lowest BCUT2D eigenvalue weighted by Gasteiger charge is -2.20. The lowest BCUT2D eigenvalue weighted by Crippen LogP contribution is -2.24. The molecule has 4 aromatic rings. The molecule has 1 fully saturated rings. The van der Waals surface area contributed by atoms with Gasteiger partial charge in [0.15, 0.2) is 5.82 Å². The van der Waals surface area contributed by atoms with E-state index in [-0.39, 0.29) is 39.8 Å². The van der Waals surface area contributed by atoms with Crippen molar-refractivity contribution in [2.75, 3.05) is 44.0 Å². The normalized spacial score (nSPS) is 14.4. The Labute approximate surface area is 265 Å². The summed E-state index contributed by atoms with van der Waals surface area (Å²) >= 11 is 0. The van der Waals surface area contributed by atoms with Crippen LogP contribution in [0.15, 0.2) is 64.4 Å². The second-order valence-electron chi connectivity index (χ2n) is 11.1. The third-order valence-electron chi connectivity index (χ3n) is 7.53. The minimum Gasteiger partial charge on any atom is -0.448 e. The topological polar surface area (TPSA) is 132 Å². The largest absolute Gasteiger partial charge is 0.448 e. The Balaban J connectivity index is 1.54. The Kier molecular flexibility index (Phi) is 9.99. The number of nitrogens with one attached hydrogen (secondary N) is 2. The number of sulfone groups is 1. The molecule has 46 heavy (non-hydrogen) atoms. The fourth-order valence-corrected chi connectivity index (χ4v) is 6.77. The van der Waals surface area contributed by atoms with Crippen molar-refractivity contribution >= 4 is 44.2 Å². The number of nitrogens with zero attached hydrogens (tertiary/aromatic N) is 3. The van der Waals surface area contributed by atoms with Crippen LogP contribution in [0.3, 0.4) is 0 Å². The molecule has 0 aliphatic carbocycles. The SMILES string of the molecule is CCOC(=O)n1nc(NC(=O)c2ccc(CN3CCCC3)cc2N[C@@H](C)COC)c2cc(S(=O)(=O)c3cc(F)cc(F)c3)ccc21. The van der Waals surface area contributed by atoms with Gasteiger partial charge in [0.25, 0.3) is 5.91 Å². The van der Waals surface area contributed by atoms with Crippen molar-refractivity contribution in [1.82, 2.24) is 14.7 Å². The number of benzene rings is 3. The molecule has 1 atom stereocenters. The number of carbonyl (C=O) groups excluding carboxylic acids is 2. The third-order valence-corrected chi connectivity index (χ3v) is 9.26. The average molecular weight is 656 g/mol. The van der Waals surface area contributed by atoms with Gasteiger partial charge in [-0.15, -0.1) is 5.10 Å².